The third-order valence-electron chi connectivity index (χ3n) is 5.76. The summed E-state index contributed by atoms with van der Waals surface area (Å²) in [6.45, 7) is 5.27. The van der Waals surface area contributed by atoms with Crippen LogP contribution in [0.2, 0.25) is 0 Å². The highest BCUT2D eigenvalue weighted by Gasteiger charge is 2.15. The van der Waals surface area contributed by atoms with Crippen molar-refractivity contribution in [2.75, 3.05) is 39.3 Å². The fourth-order valence-electron chi connectivity index (χ4n) is 3.64. The van der Waals surface area contributed by atoms with Gasteiger partial charge in [-0.05, 0) is 18.2 Å². The molecule has 6 N–H and O–H groups in total. The van der Waals surface area contributed by atoms with Crippen molar-refractivity contribution in [3.05, 3.63) is 109 Å². The lowest BCUT2D eigenvalue weighted by Gasteiger charge is -2.23. The van der Waals surface area contributed by atoms with Gasteiger partial charge in [-0.3, -0.25) is 28.9 Å². The summed E-state index contributed by atoms with van der Waals surface area (Å²) in [6.07, 6.45) is 0. The van der Waals surface area contributed by atoms with Gasteiger partial charge in [-0.15, -0.1) is 14.2 Å². The average Bonchev–Trinajstić information content (AvgIpc) is 2.92. The summed E-state index contributed by atoms with van der Waals surface area (Å²) in [6, 6.07) is 11.6. The van der Waals surface area contributed by atoms with Gasteiger partial charge in [0.25, 0.3) is 28.5 Å². The molecule has 15 heteroatoms. The van der Waals surface area contributed by atoms with E-state index in [0.717, 1.165) is 12.1 Å². The molecule has 3 aromatic rings. The lowest BCUT2D eigenvalue weighted by Crippen LogP contribution is -2.43. The van der Waals surface area contributed by atoms with Crippen molar-refractivity contribution in [3.8, 4) is 0 Å². The number of hydrogen-bond donors (Lipinski definition) is 6. The molecular weight excluding hydrogens is 526 g/mol. The predicted molar refractivity (Wildman–Crippen MR) is 142 cm³/mol. The van der Waals surface area contributed by atoms with E-state index in [1.165, 1.54) is 42.5 Å². The lowest BCUT2D eigenvalue weighted by atomic mass is 10.3. The third kappa shape index (κ3) is 7.38. The first kappa shape index (κ1) is 29.2. The zero-order valence-electron chi connectivity index (χ0n) is 21.3. The van der Waals surface area contributed by atoms with Crippen molar-refractivity contribution in [1.29, 1.82) is 0 Å². The number of hydrogen-bond acceptors (Lipinski definition) is 10. The molecule has 3 aromatic heterocycles. The first-order chi connectivity index (χ1) is 19.1. The second-order valence-electron chi connectivity index (χ2n) is 8.44. The maximum atomic E-state index is 12.4. The van der Waals surface area contributed by atoms with E-state index in [9.17, 15) is 39.6 Å². The van der Waals surface area contributed by atoms with Gasteiger partial charge in [-0.1, -0.05) is 24.8 Å². The van der Waals surface area contributed by atoms with Gasteiger partial charge >= 0.3 is 0 Å². The van der Waals surface area contributed by atoms with E-state index in [4.69, 9.17) is 0 Å². The minimum Gasteiger partial charge on any atom is -0.425 e. The van der Waals surface area contributed by atoms with E-state index in [1.54, 1.807) is 0 Å². The summed E-state index contributed by atoms with van der Waals surface area (Å²) < 4.78 is 0.951. The Kier molecular flexibility index (Phi) is 9.85. The Morgan fingerprint density at radius 3 is 1.40 bits per heavy atom. The van der Waals surface area contributed by atoms with Gasteiger partial charge in [0.2, 0.25) is 0 Å². The third-order valence-corrected chi connectivity index (χ3v) is 5.76. The van der Waals surface area contributed by atoms with E-state index < -0.39 is 28.5 Å². The molecule has 3 rings (SSSR count). The predicted octanol–water partition coefficient (Wildman–Crippen LogP) is -1.39. The quantitative estimate of drug-likeness (QED) is 0.136. The number of nitrogens with one attached hydrogen (secondary N) is 3. The van der Waals surface area contributed by atoms with E-state index in [0.29, 0.717) is 17.8 Å². The first-order valence-corrected chi connectivity index (χ1v) is 12.1. The van der Waals surface area contributed by atoms with E-state index in [-0.39, 0.29) is 58.4 Å². The molecule has 15 nitrogen and oxygen atoms in total. The second-order valence-corrected chi connectivity index (χ2v) is 8.44. The standard InChI is InChI=1S/C25H29N7O8/c1-17(18-5-2-8-21(33)30(18)38)26-11-14-29(15-12-27-24(36)19-6-3-9-22(34)31(19)39)16-13-28-25(37)20-7-4-10-23(35)32(20)40/h2-10,26,38-40H,1,11-16H2,(H,27,36)(H,28,37). The summed E-state index contributed by atoms with van der Waals surface area (Å²) in [7, 11) is 0. The SMILES string of the molecule is C=C(NCCN(CCNC(=O)c1cccc(=O)n1O)CCNC(=O)c1cccc(=O)n1O)c1cccc(=O)n1O. The topological polar surface area (TPSA) is 200 Å². The molecular formula is C25H29N7O8. The summed E-state index contributed by atoms with van der Waals surface area (Å²) in [5.41, 5.74) is -2.14. The Morgan fingerprint density at radius 1 is 0.625 bits per heavy atom. The molecule has 0 radical (unpaired) electrons. The molecule has 3 heterocycles. The van der Waals surface area contributed by atoms with Crippen LogP contribution < -0.4 is 32.6 Å². The molecule has 0 saturated heterocycles. The normalized spacial score (nSPS) is 10.7. The van der Waals surface area contributed by atoms with Crippen LogP contribution in [0.3, 0.4) is 0 Å². The highest BCUT2D eigenvalue weighted by Crippen LogP contribution is 2.05. The smallest absolute Gasteiger partial charge is 0.283 e. The van der Waals surface area contributed by atoms with Crippen LogP contribution in [-0.2, 0) is 0 Å². The molecule has 2 amide bonds. The summed E-state index contributed by atoms with van der Waals surface area (Å²) in [5.74, 6) is -1.34. The molecule has 0 aromatic carbocycles. The maximum absolute atomic E-state index is 12.4. The lowest BCUT2D eigenvalue weighted by molar-refractivity contribution is 0.0885. The Labute approximate surface area is 226 Å². The van der Waals surface area contributed by atoms with Gasteiger partial charge in [0, 0.05) is 57.5 Å². The second kappa shape index (κ2) is 13.5. The fourth-order valence-corrected chi connectivity index (χ4v) is 3.64. The minimum atomic E-state index is -0.755. The van der Waals surface area contributed by atoms with Crippen molar-refractivity contribution >= 4 is 17.5 Å². The Balaban J connectivity index is 1.59. The zero-order chi connectivity index (χ0) is 29.2. The molecule has 0 aliphatic heterocycles. The van der Waals surface area contributed by atoms with Crippen LogP contribution in [0.5, 0.6) is 0 Å². The highest BCUT2D eigenvalue weighted by atomic mass is 16.5. The molecule has 40 heavy (non-hydrogen) atoms. The van der Waals surface area contributed by atoms with Crippen molar-refractivity contribution in [1.82, 2.24) is 35.0 Å². The number of nitrogens with zero attached hydrogens (tertiary/aromatic N) is 4. The number of rotatable bonds is 13. The van der Waals surface area contributed by atoms with Crippen LogP contribution in [0.25, 0.3) is 5.70 Å². The van der Waals surface area contributed by atoms with E-state index in [2.05, 4.69) is 22.5 Å². The molecule has 212 valence electrons. The van der Waals surface area contributed by atoms with E-state index in [1.807, 2.05) is 4.90 Å². The Hall–Kier alpha value is -5.31. The monoisotopic (exact) mass is 555 g/mol. The largest absolute Gasteiger partial charge is 0.425 e. The molecule has 0 aliphatic carbocycles. The number of carbonyl (C=O) groups is 2. The van der Waals surface area contributed by atoms with Crippen LogP contribution >= 0.6 is 0 Å². The zero-order valence-corrected chi connectivity index (χ0v) is 21.3. The molecule has 0 atom stereocenters. The van der Waals surface area contributed by atoms with Crippen LogP contribution in [0.15, 0.2) is 75.6 Å². The molecule has 0 spiro atoms. The van der Waals surface area contributed by atoms with Gasteiger partial charge in [-0.25, -0.2) is 0 Å². The van der Waals surface area contributed by atoms with Crippen molar-refractivity contribution in [2.45, 2.75) is 0 Å². The Morgan fingerprint density at radius 2 is 0.975 bits per heavy atom. The fraction of sp³-hybridized carbons (Fsp3) is 0.240. The molecule has 0 saturated carbocycles. The number of aromatic nitrogens is 3. The van der Waals surface area contributed by atoms with Crippen LogP contribution in [0.1, 0.15) is 26.7 Å². The van der Waals surface area contributed by atoms with E-state index >= 15 is 0 Å². The van der Waals surface area contributed by atoms with Gasteiger partial charge in [0.1, 0.15) is 17.1 Å². The summed E-state index contributed by atoms with van der Waals surface area (Å²) >= 11 is 0. The molecule has 0 unspecified atom stereocenters. The molecule has 0 bridgehead atoms. The molecule has 0 aliphatic rings. The Bertz CT molecular complexity index is 1380. The first-order valence-electron chi connectivity index (χ1n) is 12.1. The average molecular weight is 556 g/mol. The van der Waals surface area contributed by atoms with Crippen molar-refractivity contribution < 1.29 is 25.2 Å². The molecule has 0 fully saturated rings. The number of amides is 2. The van der Waals surface area contributed by atoms with Crippen LogP contribution in [-0.4, -0.2) is 85.8 Å². The van der Waals surface area contributed by atoms with Crippen LogP contribution in [0.4, 0.5) is 0 Å². The van der Waals surface area contributed by atoms with Gasteiger partial charge in [-0.2, -0.15) is 0 Å². The number of pyridine rings is 3. The maximum Gasteiger partial charge on any atom is 0.283 e. The number of carbonyl (C=O) groups excluding carboxylic acids is 2. The van der Waals surface area contributed by atoms with Gasteiger partial charge in [0.15, 0.2) is 0 Å². The van der Waals surface area contributed by atoms with Gasteiger partial charge in [0.05, 0.1) is 5.70 Å². The van der Waals surface area contributed by atoms with Crippen LogP contribution in [0, 0.1) is 0 Å². The summed E-state index contributed by atoms with van der Waals surface area (Å²) in [5, 5.41) is 37.7. The van der Waals surface area contributed by atoms with Crippen molar-refractivity contribution in [2.24, 2.45) is 0 Å². The minimum absolute atomic E-state index is 0.112. The van der Waals surface area contributed by atoms with Gasteiger partial charge < -0.3 is 31.6 Å². The highest BCUT2D eigenvalue weighted by molar-refractivity contribution is 5.92. The van der Waals surface area contributed by atoms with Crippen molar-refractivity contribution in [3.63, 3.8) is 0 Å². The summed E-state index contributed by atoms with van der Waals surface area (Å²) in [4.78, 5) is 61.4.